The van der Waals surface area contributed by atoms with Gasteiger partial charge in [-0.1, -0.05) is 39.0 Å². The van der Waals surface area contributed by atoms with Gasteiger partial charge in [-0.25, -0.2) is 4.79 Å². The van der Waals surface area contributed by atoms with Gasteiger partial charge in [0.2, 0.25) is 0 Å². The zero-order chi connectivity index (χ0) is 15.7. The molecule has 0 aromatic carbocycles. The van der Waals surface area contributed by atoms with Gasteiger partial charge in [0.05, 0.1) is 0 Å². The summed E-state index contributed by atoms with van der Waals surface area (Å²) in [5.74, 6) is 0. The number of hydrogen-bond acceptors (Lipinski definition) is 3. The summed E-state index contributed by atoms with van der Waals surface area (Å²) in [6.45, 7) is 10.6. The van der Waals surface area contributed by atoms with Crippen molar-refractivity contribution < 1.29 is 9.53 Å². The van der Waals surface area contributed by atoms with Gasteiger partial charge in [0.15, 0.2) is 0 Å². The lowest BCUT2D eigenvalue weighted by Crippen LogP contribution is -2.38. The van der Waals surface area contributed by atoms with Crippen molar-refractivity contribution in [2.45, 2.75) is 84.3 Å². The quantitative estimate of drug-likeness (QED) is 0.690. The van der Waals surface area contributed by atoms with Crippen LogP contribution in [0.3, 0.4) is 0 Å². The van der Waals surface area contributed by atoms with E-state index in [1.807, 2.05) is 25.7 Å². The summed E-state index contributed by atoms with van der Waals surface area (Å²) in [5.41, 5.74) is -0.402. The van der Waals surface area contributed by atoms with Crippen LogP contribution in [0.4, 0.5) is 4.79 Å². The highest BCUT2D eigenvalue weighted by Crippen LogP contribution is 2.15. The topological polar surface area (TPSA) is 41.6 Å². The smallest absolute Gasteiger partial charge is 0.410 e. The van der Waals surface area contributed by atoms with Crippen LogP contribution in [-0.4, -0.2) is 42.3 Å². The second-order valence-corrected chi connectivity index (χ2v) is 7.13. The van der Waals surface area contributed by atoms with Gasteiger partial charge in [0.25, 0.3) is 0 Å². The van der Waals surface area contributed by atoms with E-state index in [0.29, 0.717) is 6.04 Å². The van der Waals surface area contributed by atoms with Crippen molar-refractivity contribution in [3.8, 4) is 0 Å². The zero-order valence-electron chi connectivity index (χ0n) is 14.4. The molecule has 0 radical (unpaired) electrons. The number of nitrogens with one attached hydrogen (secondary N) is 1. The van der Waals surface area contributed by atoms with Crippen LogP contribution >= 0.6 is 0 Å². The maximum Gasteiger partial charge on any atom is 0.410 e. The first-order valence-electron chi connectivity index (χ1n) is 8.63. The van der Waals surface area contributed by atoms with Crippen LogP contribution in [0, 0.1) is 0 Å². The van der Waals surface area contributed by atoms with E-state index in [-0.39, 0.29) is 6.09 Å². The fourth-order valence-electron chi connectivity index (χ4n) is 2.63. The maximum absolute atomic E-state index is 12.0. The molecule has 0 spiro atoms. The number of carbonyl (C=O) groups excluding carboxylic acids is 1. The molecule has 0 aromatic heterocycles. The van der Waals surface area contributed by atoms with Crippen molar-refractivity contribution in [3.63, 3.8) is 0 Å². The predicted octanol–water partition coefficient (Wildman–Crippen LogP) is 3.95. The molecule has 1 atom stereocenters. The standard InChI is InChI=1S/C17H34N2O2/c1-5-6-7-8-9-10-12-18-15-11-13-19(14-15)16(20)21-17(2,3)4/h15,18H,5-14H2,1-4H3. The summed E-state index contributed by atoms with van der Waals surface area (Å²) in [7, 11) is 0. The Kier molecular flexibility index (Phi) is 8.09. The summed E-state index contributed by atoms with van der Waals surface area (Å²) in [5, 5.41) is 3.57. The predicted molar refractivity (Wildman–Crippen MR) is 87.6 cm³/mol. The first-order valence-corrected chi connectivity index (χ1v) is 8.63. The highest BCUT2D eigenvalue weighted by molar-refractivity contribution is 5.68. The third-order valence-electron chi connectivity index (χ3n) is 3.80. The van der Waals surface area contributed by atoms with E-state index in [1.54, 1.807) is 0 Å². The van der Waals surface area contributed by atoms with Gasteiger partial charge < -0.3 is 15.0 Å². The fourth-order valence-corrected chi connectivity index (χ4v) is 2.63. The Bertz CT molecular complexity index is 300. The molecule has 1 aliphatic rings. The van der Waals surface area contributed by atoms with Gasteiger partial charge in [0, 0.05) is 19.1 Å². The lowest BCUT2D eigenvalue weighted by atomic mass is 10.1. The van der Waals surface area contributed by atoms with Crippen molar-refractivity contribution in [1.82, 2.24) is 10.2 Å². The number of amides is 1. The van der Waals surface area contributed by atoms with Gasteiger partial charge in [-0.15, -0.1) is 0 Å². The lowest BCUT2D eigenvalue weighted by molar-refractivity contribution is 0.0291. The van der Waals surface area contributed by atoms with E-state index < -0.39 is 5.60 Å². The van der Waals surface area contributed by atoms with Crippen molar-refractivity contribution in [1.29, 1.82) is 0 Å². The molecule has 21 heavy (non-hydrogen) atoms. The average Bonchev–Trinajstić information content (AvgIpc) is 2.84. The number of unbranched alkanes of at least 4 members (excludes halogenated alkanes) is 5. The number of ether oxygens (including phenoxy) is 1. The van der Waals surface area contributed by atoms with Crippen molar-refractivity contribution in [2.24, 2.45) is 0 Å². The normalized spacial score (nSPS) is 19.0. The molecule has 1 unspecified atom stereocenters. The summed E-state index contributed by atoms with van der Waals surface area (Å²) < 4.78 is 5.41. The molecule has 1 heterocycles. The average molecular weight is 298 g/mol. The molecule has 1 amide bonds. The van der Waals surface area contributed by atoms with E-state index in [1.165, 1.54) is 38.5 Å². The number of nitrogens with zero attached hydrogens (tertiary/aromatic N) is 1. The minimum absolute atomic E-state index is 0.175. The number of likely N-dealkylation sites (tertiary alicyclic amines) is 1. The summed E-state index contributed by atoms with van der Waals surface area (Å²) in [4.78, 5) is 13.8. The Hall–Kier alpha value is -0.770. The molecule has 0 bridgehead atoms. The third-order valence-corrected chi connectivity index (χ3v) is 3.80. The minimum Gasteiger partial charge on any atom is -0.444 e. The summed E-state index contributed by atoms with van der Waals surface area (Å²) >= 11 is 0. The number of carbonyl (C=O) groups is 1. The van der Waals surface area contributed by atoms with Crippen LogP contribution in [0.5, 0.6) is 0 Å². The zero-order valence-corrected chi connectivity index (χ0v) is 14.4. The molecule has 4 heteroatoms. The van der Waals surface area contributed by atoms with Gasteiger partial charge in [-0.05, 0) is 40.2 Å². The van der Waals surface area contributed by atoms with Gasteiger partial charge in [-0.3, -0.25) is 0 Å². The minimum atomic E-state index is -0.402. The van der Waals surface area contributed by atoms with Crippen molar-refractivity contribution in [3.05, 3.63) is 0 Å². The van der Waals surface area contributed by atoms with Crippen LogP contribution in [-0.2, 0) is 4.74 Å². The number of rotatable bonds is 8. The molecule has 0 aliphatic carbocycles. The molecule has 0 saturated carbocycles. The summed E-state index contributed by atoms with van der Waals surface area (Å²) in [6.07, 6.45) is 8.81. The van der Waals surface area contributed by atoms with E-state index in [0.717, 1.165) is 26.1 Å². The molecular weight excluding hydrogens is 264 g/mol. The Morgan fingerprint density at radius 2 is 1.86 bits per heavy atom. The Labute approximate surface area is 130 Å². The molecular formula is C17H34N2O2. The monoisotopic (exact) mass is 298 g/mol. The lowest BCUT2D eigenvalue weighted by Gasteiger charge is -2.24. The van der Waals surface area contributed by atoms with E-state index in [9.17, 15) is 4.79 Å². The van der Waals surface area contributed by atoms with Gasteiger partial charge >= 0.3 is 6.09 Å². The molecule has 0 aromatic rings. The van der Waals surface area contributed by atoms with Crippen LogP contribution in [0.1, 0.15) is 72.6 Å². The van der Waals surface area contributed by atoms with Crippen LogP contribution < -0.4 is 5.32 Å². The Morgan fingerprint density at radius 3 is 2.52 bits per heavy atom. The highest BCUT2D eigenvalue weighted by atomic mass is 16.6. The first-order chi connectivity index (χ1) is 9.92. The van der Waals surface area contributed by atoms with Gasteiger partial charge in [-0.2, -0.15) is 0 Å². The van der Waals surface area contributed by atoms with Crippen LogP contribution in [0.2, 0.25) is 0 Å². The van der Waals surface area contributed by atoms with Crippen LogP contribution in [0.25, 0.3) is 0 Å². The molecule has 1 saturated heterocycles. The summed E-state index contributed by atoms with van der Waals surface area (Å²) in [6, 6.07) is 0.438. The van der Waals surface area contributed by atoms with E-state index in [4.69, 9.17) is 4.74 Å². The Morgan fingerprint density at radius 1 is 1.19 bits per heavy atom. The second-order valence-electron chi connectivity index (χ2n) is 7.13. The van der Waals surface area contributed by atoms with Crippen molar-refractivity contribution >= 4 is 6.09 Å². The SMILES string of the molecule is CCCCCCCCNC1CCN(C(=O)OC(C)(C)C)C1. The maximum atomic E-state index is 12.0. The molecule has 1 aliphatic heterocycles. The molecule has 124 valence electrons. The molecule has 1 fully saturated rings. The van der Waals surface area contributed by atoms with E-state index in [2.05, 4.69) is 12.2 Å². The van der Waals surface area contributed by atoms with Crippen LogP contribution in [0.15, 0.2) is 0 Å². The largest absolute Gasteiger partial charge is 0.444 e. The van der Waals surface area contributed by atoms with E-state index >= 15 is 0 Å². The van der Waals surface area contributed by atoms with Gasteiger partial charge in [0.1, 0.15) is 5.60 Å². The number of hydrogen-bond donors (Lipinski definition) is 1. The molecule has 1 rings (SSSR count). The second kappa shape index (κ2) is 9.29. The third kappa shape index (κ3) is 8.30. The Balaban J connectivity index is 2.08. The fraction of sp³-hybridized carbons (Fsp3) is 0.941. The first kappa shape index (κ1) is 18.3. The molecule has 1 N–H and O–H groups in total. The van der Waals surface area contributed by atoms with Crippen molar-refractivity contribution in [2.75, 3.05) is 19.6 Å². The molecule has 4 nitrogen and oxygen atoms in total. The highest BCUT2D eigenvalue weighted by Gasteiger charge is 2.29.